The zero-order valence-electron chi connectivity index (χ0n) is 11.2. The van der Waals surface area contributed by atoms with Crippen LogP contribution in [-0.2, 0) is 0 Å². The second-order valence-electron chi connectivity index (χ2n) is 4.47. The maximum absolute atomic E-state index is 12.1. The van der Waals surface area contributed by atoms with Crippen molar-refractivity contribution in [2.24, 2.45) is 0 Å². The van der Waals surface area contributed by atoms with Crippen LogP contribution < -0.4 is 11.1 Å². The second-order valence-corrected chi connectivity index (χ2v) is 4.47. The molecule has 0 unspecified atom stereocenters. The first-order valence-corrected chi connectivity index (χ1v) is 5.95. The van der Waals surface area contributed by atoms with Gasteiger partial charge in [0.25, 0.3) is 5.91 Å². The number of nitrogens with zero attached hydrogens (tertiary/aromatic N) is 2. The van der Waals surface area contributed by atoms with Gasteiger partial charge >= 0.3 is 0 Å². The van der Waals surface area contributed by atoms with E-state index in [0.717, 1.165) is 11.3 Å². The highest BCUT2D eigenvalue weighted by atomic mass is 16.1. The number of nitrogen functional groups attached to an aromatic ring is 1. The van der Waals surface area contributed by atoms with E-state index in [4.69, 9.17) is 5.73 Å². The Bertz CT molecular complexity index is 637. The minimum atomic E-state index is -0.221. The summed E-state index contributed by atoms with van der Waals surface area (Å²) in [6, 6.07) is 5.31. The Labute approximate surface area is 111 Å². The smallest absolute Gasteiger partial charge is 0.258 e. The van der Waals surface area contributed by atoms with E-state index in [1.165, 1.54) is 6.20 Å². The van der Waals surface area contributed by atoms with Gasteiger partial charge in [0, 0.05) is 5.69 Å². The Morgan fingerprint density at radius 3 is 2.63 bits per heavy atom. The Kier molecular flexibility index (Phi) is 3.46. The second kappa shape index (κ2) is 5.06. The van der Waals surface area contributed by atoms with E-state index in [2.05, 4.69) is 15.3 Å². The van der Waals surface area contributed by atoms with Crippen LogP contribution in [0.5, 0.6) is 0 Å². The molecule has 5 nitrogen and oxygen atoms in total. The SMILES string of the molecule is Cc1ccc(C(=O)Nc2cc(C)c(N)cn2)c(C)n1. The first-order chi connectivity index (χ1) is 8.97. The number of hydrogen-bond donors (Lipinski definition) is 2. The molecule has 5 heteroatoms. The minimum Gasteiger partial charge on any atom is -0.397 e. The van der Waals surface area contributed by atoms with E-state index in [0.29, 0.717) is 22.8 Å². The molecule has 3 N–H and O–H groups in total. The lowest BCUT2D eigenvalue weighted by Crippen LogP contribution is -2.15. The quantitative estimate of drug-likeness (QED) is 0.863. The van der Waals surface area contributed by atoms with Crippen LogP contribution in [0.1, 0.15) is 27.3 Å². The summed E-state index contributed by atoms with van der Waals surface area (Å²) in [6.45, 7) is 5.56. The fourth-order valence-electron chi connectivity index (χ4n) is 1.75. The van der Waals surface area contributed by atoms with Gasteiger partial charge in [-0.05, 0) is 44.5 Å². The first-order valence-electron chi connectivity index (χ1n) is 5.95. The van der Waals surface area contributed by atoms with Crippen molar-refractivity contribution in [2.75, 3.05) is 11.1 Å². The fourth-order valence-corrected chi connectivity index (χ4v) is 1.75. The van der Waals surface area contributed by atoms with Crippen molar-refractivity contribution in [3.05, 3.63) is 46.9 Å². The Morgan fingerprint density at radius 1 is 1.26 bits per heavy atom. The predicted molar refractivity (Wildman–Crippen MR) is 75.1 cm³/mol. The molecule has 0 aliphatic carbocycles. The van der Waals surface area contributed by atoms with Gasteiger partial charge in [0.05, 0.1) is 23.1 Å². The Balaban J connectivity index is 2.23. The van der Waals surface area contributed by atoms with Gasteiger partial charge in [0.2, 0.25) is 0 Å². The number of carbonyl (C=O) groups excluding carboxylic acids is 1. The zero-order chi connectivity index (χ0) is 14.0. The molecular formula is C14H16N4O. The summed E-state index contributed by atoms with van der Waals surface area (Å²) < 4.78 is 0. The maximum atomic E-state index is 12.1. The highest BCUT2D eigenvalue weighted by Gasteiger charge is 2.11. The van der Waals surface area contributed by atoms with Crippen molar-refractivity contribution in [1.82, 2.24) is 9.97 Å². The summed E-state index contributed by atoms with van der Waals surface area (Å²) in [5.74, 6) is 0.262. The van der Waals surface area contributed by atoms with Crippen LogP contribution in [0.15, 0.2) is 24.4 Å². The molecule has 0 atom stereocenters. The van der Waals surface area contributed by atoms with Crippen LogP contribution in [0.4, 0.5) is 11.5 Å². The monoisotopic (exact) mass is 256 g/mol. The lowest BCUT2D eigenvalue weighted by molar-refractivity contribution is 0.102. The lowest BCUT2D eigenvalue weighted by atomic mass is 10.1. The summed E-state index contributed by atoms with van der Waals surface area (Å²) in [6.07, 6.45) is 1.53. The van der Waals surface area contributed by atoms with Crippen molar-refractivity contribution < 1.29 is 4.79 Å². The van der Waals surface area contributed by atoms with E-state index in [9.17, 15) is 4.79 Å². The van der Waals surface area contributed by atoms with Gasteiger partial charge in [-0.1, -0.05) is 0 Å². The number of carbonyl (C=O) groups is 1. The number of aromatic nitrogens is 2. The summed E-state index contributed by atoms with van der Waals surface area (Å²) in [5.41, 5.74) is 9.29. The molecule has 19 heavy (non-hydrogen) atoms. The van der Waals surface area contributed by atoms with Crippen LogP contribution >= 0.6 is 0 Å². The lowest BCUT2D eigenvalue weighted by Gasteiger charge is -2.08. The van der Waals surface area contributed by atoms with Crippen LogP contribution in [0.2, 0.25) is 0 Å². The third-order valence-corrected chi connectivity index (χ3v) is 2.86. The molecule has 2 rings (SSSR count). The number of anilines is 2. The highest BCUT2D eigenvalue weighted by molar-refractivity contribution is 6.04. The van der Waals surface area contributed by atoms with Crippen LogP contribution in [0.25, 0.3) is 0 Å². The number of nitrogens with one attached hydrogen (secondary N) is 1. The molecule has 98 valence electrons. The van der Waals surface area contributed by atoms with Crippen LogP contribution in [0, 0.1) is 20.8 Å². The molecule has 0 aromatic carbocycles. The molecule has 0 fully saturated rings. The molecule has 0 radical (unpaired) electrons. The van der Waals surface area contributed by atoms with E-state index in [-0.39, 0.29) is 5.91 Å². The molecule has 1 amide bonds. The van der Waals surface area contributed by atoms with Crippen LogP contribution in [0.3, 0.4) is 0 Å². The third-order valence-electron chi connectivity index (χ3n) is 2.86. The summed E-state index contributed by atoms with van der Waals surface area (Å²) >= 11 is 0. The summed E-state index contributed by atoms with van der Waals surface area (Å²) in [4.78, 5) is 20.5. The number of aryl methyl sites for hydroxylation is 3. The molecule has 2 aromatic rings. The van der Waals surface area contributed by atoms with Crippen molar-refractivity contribution >= 4 is 17.4 Å². The van der Waals surface area contributed by atoms with E-state index in [1.54, 1.807) is 12.1 Å². The molecule has 2 aromatic heterocycles. The Morgan fingerprint density at radius 2 is 2.00 bits per heavy atom. The summed E-state index contributed by atoms with van der Waals surface area (Å²) in [7, 11) is 0. The molecule has 0 aliphatic rings. The van der Waals surface area contributed by atoms with Gasteiger partial charge < -0.3 is 11.1 Å². The first kappa shape index (κ1) is 13.0. The molecule has 0 spiro atoms. The third kappa shape index (κ3) is 2.88. The van der Waals surface area contributed by atoms with E-state index >= 15 is 0 Å². The van der Waals surface area contributed by atoms with Crippen molar-refractivity contribution in [3.8, 4) is 0 Å². The van der Waals surface area contributed by atoms with Gasteiger partial charge in [-0.3, -0.25) is 9.78 Å². The fraction of sp³-hybridized carbons (Fsp3) is 0.214. The molecular weight excluding hydrogens is 240 g/mol. The molecule has 0 bridgehead atoms. The van der Waals surface area contributed by atoms with Gasteiger partial charge in [-0.15, -0.1) is 0 Å². The zero-order valence-corrected chi connectivity index (χ0v) is 11.2. The summed E-state index contributed by atoms with van der Waals surface area (Å²) in [5, 5.41) is 2.74. The molecule has 0 saturated heterocycles. The maximum Gasteiger partial charge on any atom is 0.258 e. The van der Waals surface area contributed by atoms with Crippen LogP contribution in [-0.4, -0.2) is 15.9 Å². The standard InChI is InChI=1S/C14H16N4O/c1-8-6-13(16-7-12(8)15)18-14(19)11-5-4-9(2)17-10(11)3/h4-7H,15H2,1-3H3,(H,16,18,19). The van der Waals surface area contributed by atoms with Crippen molar-refractivity contribution in [2.45, 2.75) is 20.8 Å². The van der Waals surface area contributed by atoms with Gasteiger partial charge in [0.15, 0.2) is 0 Å². The number of pyridine rings is 2. The topological polar surface area (TPSA) is 80.9 Å². The highest BCUT2D eigenvalue weighted by Crippen LogP contribution is 2.15. The van der Waals surface area contributed by atoms with Crippen molar-refractivity contribution in [1.29, 1.82) is 0 Å². The number of rotatable bonds is 2. The predicted octanol–water partition coefficient (Wildman–Crippen LogP) is 2.24. The number of hydrogen-bond acceptors (Lipinski definition) is 4. The van der Waals surface area contributed by atoms with Gasteiger partial charge in [-0.2, -0.15) is 0 Å². The molecule has 2 heterocycles. The molecule has 0 aliphatic heterocycles. The minimum absolute atomic E-state index is 0.221. The van der Waals surface area contributed by atoms with Gasteiger partial charge in [-0.25, -0.2) is 4.98 Å². The number of amides is 1. The molecule has 0 saturated carbocycles. The van der Waals surface area contributed by atoms with E-state index < -0.39 is 0 Å². The van der Waals surface area contributed by atoms with Crippen molar-refractivity contribution in [3.63, 3.8) is 0 Å². The average Bonchev–Trinajstić information content (AvgIpc) is 2.33. The Hall–Kier alpha value is -2.43. The average molecular weight is 256 g/mol. The van der Waals surface area contributed by atoms with E-state index in [1.807, 2.05) is 26.8 Å². The normalized spacial score (nSPS) is 10.3. The van der Waals surface area contributed by atoms with Gasteiger partial charge in [0.1, 0.15) is 5.82 Å². The number of nitrogens with two attached hydrogens (primary N) is 1. The largest absolute Gasteiger partial charge is 0.397 e.